The highest BCUT2D eigenvalue weighted by atomic mass is 31.1. The molecule has 0 aromatic carbocycles. The van der Waals surface area contributed by atoms with Crippen molar-refractivity contribution >= 4 is 16.9 Å². The summed E-state index contributed by atoms with van der Waals surface area (Å²) in [6.45, 7) is 11.7. The fourth-order valence-corrected chi connectivity index (χ4v) is 4.22. The molecule has 0 amide bonds. The standard InChI is InChI=1S/C10H23OPSi/c1-10(2,3)13(4,5)11-9-6-7-12-8-9/h9,12H,6-8H2,1-5H3. The summed E-state index contributed by atoms with van der Waals surface area (Å²) in [6.07, 6.45) is 4.63. The van der Waals surface area contributed by atoms with Crippen LogP contribution in [0.5, 0.6) is 0 Å². The van der Waals surface area contributed by atoms with E-state index in [4.69, 9.17) is 4.43 Å². The Morgan fingerprint density at radius 3 is 2.31 bits per heavy atom. The Bertz CT molecular complexity index is 168. The fourth-order valence-electron chi connectivity index (χ4n) is 1.32. The lowest BCUT2D eigenvalue weighted by atomic mass is 10.2. The third kappa shape index (κ3) is 3.04. The fraction of sp³-hybridized carbons (Fsp3) is 1.00. The van der Waals surface area contributed by atoms with Crippen LogP contribution in [-0.4, -0.2) is 26.7 Å². The van der Waals surface area contributed by atoms with Crippen LogP contribution in [0, 0.1) is 0 Å². The lowest BCUT2D eigenvalue weighted by molar-refractivity contribution is 0.206. The first-order valence-corrected chi connectivity index (χ1v) is 9.54. The van der Waals surface area contributed by atoms with Gasteiger partial charge in [0, 0.05) is 6.10 Å². The monoisotopic (exact) mass is 218 g/mol. The van der Waals surface area contributed by atoms with Crippen LogP contribution in [0.25, 0.3) is 0 Å². The molecule has 2 atom stereocenters. The molecule has 0 bridgehead atoms. The molecule has 0 radical (unpaired) electrons. The van der Waals surface area contributed by atoms with Gasteiger partial charge in [-0.3, -0.25) is 0 Å². The van der Waals surface area contributed by atoms with Crippen molar-refractivity contribution in [1.82, 2.24) is 0 Å². The highest BCUT2D eigenvalue weighted by Gasteiger charge is 2.39. The molecule has 1 aliphatic heterocycles. The Balaban J connectivity index is 2.50. The minimum absolute atomic E-state index is 0.374. The molecule has 0 aromatic heterocycles. The second-order valence-electron chi connectivity index (χ2n) is 5.49. The first-order chi connectivity index (χ1) is 5.83. The predicted molar refractivity (Wildman–Crippen MR) is 64.7 cm³/mol. The molecule has 1 heterocycles. The zero-order chi connectivity index (χ0) is 10.1. The normalized spacial score (nSPS) is 27.0. The van der Waals surface area contributed by atoms with E-state index in [1.54, 1.807) is 0 Å². The number of hydrogen-bond donors (Lipinski definition) is 0. The average Bonchev–Trinajstić information content (AvgIpc) is 2.35. The van der Waals surface area contributed by atoms with Gasteiger partial charge in [-0.05, 0) is 36.9 Å². The highest BCUT2D eigenvalue weighted by Crippen LogP contribution is 2.39. The highest BCUT2D eigenvalue weighted by molar-refractivity contribution is 7.38. The molecular formula is C10H23OPSi. The van der Waals surface area contributed by atoms with Gasteiger partial charge in [-0.15, -0.1) is 8.58 Å². The van der Waals surface area contributed by atoms with E-state index in [-0.39, 0.29) is 0 Å². The van der Waals surface area contributed by atoms with Gasteiger partial charge in [0.25, 0.3) is 0 Å². The molecule has 0 aromatic rings. The van der Waals surface area contributed by atoms with Crippen molar-refractivity contribution in [2.45, 2.75) is 51.4 Å². The Labute approximate surface area is 85.6 Å². The van der Waals surface area contributed by atoms with E-state index in [2.05, 4.69) is 33.9 Å². The van der Waals surface area contributed by atoms with E-state index in [1.807, 2.05) is 0 Å². The zero-order valence-electron chi connectivity index (χ0n) is 9.61. The number of hydrogen-bond acceptors (Lipinski definition) is 1. The van der Waals surface area contributed by atoms with Gasteiger partial charge in [0.2, 0.25) is 0 Å². The quantitative estimate of drug-likeness (QED) is 0.509. The van der Waals surface area contributed by atoms with E-state index in [0.717, 1.165) is 8.58 Å². The Hall–Kier alpha value is 0.607. The summed E-state index contributed by atoms with van der Waals surface area (Å²) in [5.41, 5.74) is 0. The van der Waals surface area contributed by atoms with Crippen molar-refractivity contribution in [1.29, 1.82) is 0 Å². The summed E-state index contributed by atoms with van der Waals surface area (Å²) < 4.78 is 6.31. The van der Waals surface area contributed by atoms with Crippen molar-refractivity contribution in [3.8, 4) is 0 Å². The zero-order valence-corrected chi connectivity index (χ0v) is 11.6. The molecule has 1 saturated heterocycles. The second kappa shape index (κ2) is 4.00. The lowest BCUT2D eigenvalue weighted by Crippen LogP contribution is -2.43. The maximum absolute atomic E-state index is 6.31. The summed E-state index contributed by atoms with van der Waals surface area (Å²) in [5.74, 6) is 0. The molecular weight excluding hydrogens is 195 g/mol. The third-order valence-corrected chi connectivity index (χ3v) is 9.20. The minimum atomic E-state index is -1.47. The molecule has 0 N–H and O–H groups in total. The van der Waals surface area contributed by atoms with Crippen molar-refractivity contribution < 1.29 is 4.43 Å². The smallest absolute Gasteiger partial charge is 0.192 e. The number of rotatable bonds is 2. The van der Waals surface area contributed by atoms with Gasteiger partial charge in [-0.2, -0.15) is 0 Å². The summed E-state index contributed by atoms with van der Waals surface area (Å²) in [6, 6.07) is 0. The van der Waals surface area contributed by atoms with Crippen LogP contribution in [0.15, 0.2) is 0 Å². The average molecular weight is 218 g/mol. The van der Waals surface area contributed by atoms with E-state index in [9.17, 15) is 0 Å². The minimum Gasteiger partial charge on any atom is -0.414 e. The molecule has 1 aliphatic rings. The maximum atomic E-state index is 6.31. The first-order valence-electron chi connectivity index (χ1n) is 5.21. The van der Waals surface area contributed by atoms with Crippen molar-refractivity contribution in [3.63, 3.8) is 0 Å². The third-order valence-electron chi connectivity index (χ3n) is 3.28. The van der Waals surface area contributed by atoms with Crippen molar-refractivity contribution in [3.05, 3.63) is 0 Å². The predicted octanol–water partition coefficient (Wildman–Crippen LogP) is 3.46. The molecule has 0 spiro atoms. The Morgan fingerprint density at radius 1 is 1.31 bits per heavy atom. The van der Waals surface area contributed by atoms with Gasteiger partial charge in [0.05, 0.1) is 0 Å². The molecule has 0 aliphatic carbocycles. The van der Waals surface area contributed by atoms with Crippen LogP contribution in [0.3, 0.4) is 0 Å². The van der Waals surface area contributed by atoms with Crippen LogP contribution in [0.2, 0.25) is 18.1 Å². The van der Waals surface area contributed by atoms with E-state index in [0.29, 0.717) is 11.1 Å². The first kappa shape index (κ1) is 11.7. The van der Waals surface area contributed by atoms with Gasteiger partial charge < -0.3 is 4.43 Å². The Kier molecular flexibility index (Phi) is 3.59. The molecule has 3 heteroatoms. The van der Waals surface area contributed by atoms with Crippen molar-refractivity contribution in [2.24, 2.45) is 0 Å². The Morgan fingerprint density at radius 2 is 1.92 bits per heavy atom. The second-order valence-corrected chi connectivity index (χ2v) is 11.7. The molecule has 1 fully saturated rings. The van der Waals surface area contributed by atoms with Gasteiger partial charge in [0.1, 0.15) is 0 Å². The van der Waals surface area contributed by atoms with Crippen LogP contribution < -0.4 is 0 Å². The topological polar surface area (TPSA) is 9.23 Å². The van der Waals surface area contributed by atoms with E-state index in [1.165, 1.54) is 18.7 Å². The SMILES string of the molecule is CC(C)(C)[Si](C)(C)OC1CCPC1. The van der Waals surface area contributed by atoms with Crippen LogP contribution in [0.4, 0.5) is 0 Å². The van der Waals surface area contributed by atoms with E-state index < -0.39 is 8.32 Å². The summed E-state index contributed by atoms with van der Waals surface area (Å²) in [5, 5.41) is 0.374. The van der Waals surface area contributed by atoms with Gasteiger partial charge in [0.15, 0.2) is 8.32 Å². The van der Waals surface area contributed by atoms with Crippen LogP contribution in [0.1, 0.15) is 27.2 Å². The summed E-state index contributed by atoms with van der Waals surface area (Å²) in [4.78, 5) is 0. The molecule has 1 nitrogen and oxygen atoms in total. The summed E-state index contributed by atoms with van der Waals surface area (Å²) in [7, 11) is -0.310. The summed E-state index contributed by atoms with van der Waals surface area (Å²) >= 11 is 0. The molecule has 2 unspecified atom stereocenters. The van der Waals surface area contributed by atoms with Crippen molar-refractivity contribution in [2.75, 3.05) is 12.3 Å². The maximum Gasteiger partial charge on any atom is 0.192 e. The molecule has 0 saturated carbocycles. The largest absolute Gasteiger partial charge is 0.414 e. The van der Waals surface area contributed by atoms with Gasteiger partial charge in [-0.1, -0.05) is 20.8 Å². The molecule has 1 rings (SSSR count). The van der Waals surface area contributed by atoms with Gasteiger partial charge >= 0.3 is 0 Å². The van der Waals surface area contributed by atoms with Crippen LogP contribution in [-0.2, 0) is 4.43 Å². The molecule has 13 heavy (non-hydrogen) atoms. The lowest BCUT2D eigenvalue weighted by Gasteiger charge is -2.38. The molecule has 78 valence electrons. The van der Waals surface area contributed by atoms with Gasteiger partial charge in [-0.25, -0.2) is 0 Å². The van der Waals surface area contributed by atoms with Crippen LogP contribution >= 0.6 is 8.58 Å². The van der Waals surface area contributed by atoms with E-state index >= 15 is 0 Å².